The van der Waals surface area contributed by atoms with Crippen LogP contribution in [0, 0.1) is 0 Å². The molecule has 1 atom stereocenters. The Balaban J connectivity index is 2.21. The van der Waals surface area contributed by atoms with Crippen LogP contribution in [0.3, 0.4) is 0 Å². The van der Waals surface area contributed by atoms with Crippen molar-refractivity contribution in [2.75, 3.05) is 6.26 Å². The fraction of sp³-hybridized carbons (Fsp3) is 0.176. The third-order valence-corrected chi connectivity index (χ3v) is 4.97. The molecular formula is C17H15BrO5S. The number of hydrogen-bond donors (Lipinski definition) is 0. The van der Waals surface area contributed by atoms with Crippen LogP contribution in [0.15, 0.2) is 57.9 Å². The lowest BCUT2D eigenvalue weighted by molar-refractivity contribution is 0.0315. The van der Waals surface area contributed by atoms with Crippen LogP contribution in [0.1, 0.15) is 27.6 Å². The van der Waals surface area contributed by atoms with E-state index in [1.54, 1.807) is 24.3 Å². The number of hydrogen-bond acceptors (Lipinski definition) is 5. The topological polar surface area (TPSA) is 77.5 Å². The molecule has 0 spiro atoms. The first kappa shape index (κ1) is 18.4. The predicted molar refractivity (Wildman–Crippen MR) is 92.9 cm³/mol. The van der Waals surface area contributed by atoms with Crippen molar-refractivity contribution in [3.8, 4) is 0 Å². The highest BCUT2D eigenvalue weighted by molar-refractivity contribution is 9.10. The molecule has 0 bridgehead atoms. The van der Waals surface area contributed by atoms with Gasteiger partial charge in [-0.15, -0.1) is 0 Å². The molecule has 7 heteroatoms. The molecule has 0 amide bonds. The molecule has 2 aromatic carbocycles. The Bertz CT molecular complexity index is 872. The van der Waals surface area contributed by atoms with Gasteiger partial charge in [0.05, 0.1) is 10.5 Å². The molecule has 0 radical (unpaired) electrons. The van der Waals surface area contributed by atoms with Gasteiger partial charge in [-0.05, 0) is 31.2 Å². The van der Waals surface area contributed by atoms with Gasteiger partial charge < -0.3 is 4.74 Å². The Labute approximate surface area is 148 Å². The van der Waals surface area contributed by atoms with Crippen molar-refractivity contribution in [1.29, 1.82) is 0 Å². The third kappa shape index (κ3) is 4.30. The summed E-state index contributed by atoms with van der Waals surface area (Å²) in [6.07, 6.45) is -0.0264. The molecule has 0 aromatic heterocycles. The lowest BCUT2D eigenvalue weighted by Gasteiger charge is -2.14. The molecule has 0 saturated heterocycles. The van der Waals surface area contributed by atoms with E-state index in [0.29, 0.717) is 5.56 Å². The predicted octanol–water partition coefficient (Wildman–Crippen LogP) is 3.28. The quantitative estimate of drug-likeness (QED) is 0.558. The first-order valence-corrected chi connectivity index (χ1v) is 9.68. The third-order valence-electron chi connectivity index (χ3n) is 3.29. The highest BCUT2D eigenvalue weighted by Gasteiger charge is 2.24. The van der Waals surface area contributed by atoms with Crippen LogP contribution in [0.25, 0.3) is 0 Å². The van der Waals surface area contributed by atoms with E-state index in [1.807, 2.05) is 0 Å². The lowest BCUT2D eigenvalue weighted by Crippen LogP contribution is -2.25. The Morgan fingerprint density at radius 3 is 2.21 bits per heavy atom. The summed E-state index contributed by atoms with van der Waals surface area (Å²) in [5.74, 6) is -1.22. The maximum absolute atomic E-state index is 12.3. The van der Waals surface area contributed by atoms with E-state index in [2.05, 4.69) is 15.9 Å². The minimum atomic E-state index is -3.58. The highest BCUT2D eigenvalue weighted by atomic mass is 79.9. The summed E-state index contributed by atoms with van der Waals surface area (Å²) >= 11 is 3.28. The first-order chi connectivity index (χ1) is 11.2. The summed E-state index contributed by atoms with van der Waals surface area (Å²) < 4.78 is 29.5. The summed E-state index contributed by atoms with van der Waals surface area (Å²) in [5.41, 5.74) is 0.311. The van der Waals surface area contributed by atoms with E-state index in [9.17, 15) is 18.0 Å². The van der Waals surface area contributed by atoms with Gasteiger partial charge >= 0.3 is 5.97 Å². The standard InChI is InChI=1S/C17H15BrO5S/c1-11(16(19)12-7-9-13(18)10-8-12)23-17(20)14-5-3-4-6-15(14)24(2,21)22/h3-11H,1-2H3/t11-/m1/s1. The Morgan fingerprint density at radius 1 is 1.04 bits per heavy atom. The smallest absolute Gasteiger partial charge is 0.340 e. The molecule has 0 unspecified atom stereocenters. The van der Waals surface area contributed by atoms with E-state index in [-0.39, 0.29) is 16.2 Å². The molecule has 0 aliphatic rings. The van der Waals surface area contributed by atoms with Crippen LogP contribution in [0.4, 0.5) is 0 Å². The molecule has 5 nitrogen and oxygen atoms in total. The van der Waals surface area contributed by atoms with Crippen LogP contribution in [0.2, 0.25) is 0 Å². The van der Waals surface area contributed by atoms with E-state index in [1.165, 1.54) is 31.2 Å². The molecule has 0 fully saturated rings. The summed E-state index contributed by atoms with van der Waals surface area (Å²) in [4.78, 5) is 24.4. The van der Waals surface area contributed by atoms with Crippen molar-refractivity contribution in [2.24, 2.45) is 0 Å². The fourth-order valence-corrected chi connectivity index (χ4v) is 3.23. The van der Waals surface area contributed by atoms with Gasteiger partial charge in [-0.1, -0.05) is 40.2 Å². The summed E-state index contributed by atoms with van der Waals surface area (Å²) in [6, 6.07) is 12.4. The largest absolute Gasteiger partial charge is 0.451 e. The Kier molecular flexibility index (Phi) is 5.56. The molecule has 0 aliphatic heterocycles. The minimum Gasteiger partial charge on any atom is -0.451 e. The van der Waals surface area contributed by atoms with Gasteiger partial charge in [0.1, 0.15) is 0 Å². The van der Waals surface area contributed by atoms with E-state index >= 15 is 0 Å². The number of sulfone groups is 1. The zero-order valence-electron chi connectivity index (χ0n) is 13.0. The van der Waals surface area contributed by atoms with Gasteiger partial charge in [-0.3, -0.25) is 4.79 Å². The summed E-state index contributed by atoms with van der Waals surface area (Å²) in [7, 11) is -3.58. The minimum absolute atomic E-state index is 0.0875. The zero-order chi connectivity index (χ0) is 17.9. The molecular weight excluding hydrogens is 396 g/mol. The molecule has 2 aromatic rings. The van der Waals surface area contributed by atoms with E-state index < -0.39 is 21.9 Å². The zero-order valence-corrected chi connectivity index (χ0v) is 15.4. The van der Waals surface area contributed by atoms with Crippen molar-refractivity contribution in [2.45, 2.75) is 17.9 Å². The summed E-state index contributed by atoms with van der Waals surface area (Å²) in [6.45, 7) is 1.45. The monoisotopic (exact) mass is 410 g/mol. The van der Waals surface area contributed by atoms with Crippen LogP contribution in [-0.2, 0) is 14.6 Å². The molecule has 2 rings (SSSR count). The first-order valence-electron chi connectivity index (χ1n) is 7.00. The number of carbonyl (C=O) groups excluding carboxylic acids is 2. The highest BCUT2D eigenvalue weighted by Crippen LogP contribution is 2.18. The fourth-order valence-electron chi connectivity index (χ4n) is 2.09. The average molecular weight is 411 g/mol. The average Bonchev–Trinajstić information content (AvgIpc) is 2.54. The maximum Gasteiger partial charge on any atom is 0.340 e. The second-order valence-corrected chi connectivity index (χ2v) is 8.09. The number of ketones is 1. The van der Waals surface area contributed by atoms with E-state index in [0.717, 1.165) is 10.7 Å². The van der Waals surface area contributed by atoms with Gasteiger partial charge in [-0.25, -0.2) is 13.2 Å². The normalized spacial score (nSPS) is 12.5. The molecule has 0 heterocycles. The van der Waals surface area contributed by atoms with E-state index in [4.69, 9.17) is 4.74 Å². The molecule has 0 N–H and O–H groups in total. The van der Waals surface area contributed by atoms with Crippen molar-refractivity contribution < 1.29 is 22.7 Å². The van der Waals surface area contributed by atoms with Gasteiger partial charge in [0.25, 0.3) is 0 Å². The SMILES string of the molecule is C[C@@H](OC(=O)c1ccccc1S(C)(=O)=O)C(=O)c1ccc(Br)cc1. The van der Waals surface area contributed by atoms with Crippen molar-refractivity contribution in [3.63, 3.8) is 0 Å². The Morgan fingerprint density at radius 2 is 1.62 bits per heavy atom. The second kappa shape index (κ2) is 7.27. The van der Waals surface area contributed by atoms with Crippen LogP contribution in [-0.4, -0.2) is 32.5 Å². The number of benzene rings is 2. The molecule has 126 valence electrons. The summed E-state index contributed by atoms with van der Waals surface area (Å²) in [5, 5.41) is 0. The Hall–Kier alpha value is -1.99. The number of esters is 1. The van der Waals surface area contributed by atoms with Gasteiger partial charge in [0.2, 0.25) is 5.78 Å². The number of carbonyl (C=O) groups is 2. The van der Waals surface area contributed by atoms with Crippen LogP contribution in [0.5, 0.6) is 0 Å². The van der Waals surface area contributed by atoms with Gasteiger partial charge in [0.15, 0.2) is 15.9 Å². The number of ether oxygens (including phenoxy) is 1. The van der Waals surface area contributed by atoms with Gasteiger partial charge in [0, 0.05) is 16.3 Å². The number of Topliss-reactive ketones (excluding diaryl/α,β-unsaturated/α-hetero) is 1. The maximum atomic E-state index is 12.3. The van der Waals surface area contributed by atoms with Crippen molar-refractivity contribution >= 4 is 37.5 Å². The number of halogens is 1. The molecule has 0 aliphatic carbocycles. The number of rotatable bonds is 5. The van der Waals surface area contributed by atoms with Crippen LogP contribution < -0.4 is 0 Å². The van der Waals surface area contributed by atoms with Crippen molar-refractivity contribution in [3.05, 3.63) is 64.1 Å². The second-order valence-electron chi connectivity index (χ2n) is 5.19. The van der Waals surface area contributed by atoms with Gasteiger partial charge in [-0.2, -0.15) is 0 Å². The van der Waals surface area contributed by atoms with Crippen LogP contribution >= 0.6 is 15.9 Å². The lowest BCUT2D eigenvalue weighted by atomic mass is 10.1. The molecule has 0 saturated carbocycles. The van der Waals surface area contributed by atoms with Crippen molar-refractivity contribution in [1.82, 2.24) is 0 Å². The molecule has 24 heavy (non-hydrogen) atoms.